The van der Waals surface area contributed by atoms with Gasteiger partial charge in [-0.1, -0.05) is 6.92 Å². The summed E-state index contributed by atoms with van der Waals surface area (Å²) in [6.07, 6.45) is 2.77. The number of imide groups is 1. The van der Waals surface area contributed by atoms with E-state index in [-0.39, 0.29) is 5.75 Å². The fourth-order valence-corrected chi connectivity index (χ4v) is 3.90. The fraction of sp³-hybridized carbons (Fsp3) is 0.471. The van der Waals surface area contributed by atoms with Gasteiger partial charge in [0.15, 0.2) is 11.6 Å². The second kappa shape index (κ2) is 7.22. The molecule has 1 aromatic rings. The van der Waals surface area contributed by atoms with Gasteiger partial charge in [0.2, 0.25) is 5.91 Å². The fourth-order valence-electron chi connectivity index (χ4n) is 3.19. The van der Waals surface area contributed by atoms with Crippen LogP contribution >= 0.6 is 11.8 Å². The number of halogens is 2. The number of urea groups is 1. The zero-order chi connectivity index (χ0) is 18.9. The molecule has 1 saturated carbocycles. The first kappa shape index (κ1) is 18.6. The summed E-state index contributed by atoms with van der Waals surface area (Å²) < 4.78 is 26.1. The lowest BCUT2D eigenvalue weighted by molar-refractivity contribution is -0.139. The van der Waals surface area contributed by atoms with Crippen LogP contribution in [0, 0.1) is 17.6 Å². The molecule has 1 spiro atoms. The molecule has 1 aliphatic carbocycles. The lowest BCUT2D eigenvalue weighted by Gasteiger charge is -2.33. The summed E-state index contributed by atoms with van der Waals surface area (Å²) in [6, 6.07) is 2.66. The minimum Gasteiger partial charge on any atom is -0.322 e. The lowest BCUT2D eigenvalue weighted by Crippen LogP contribution is -2.51. The number of nitrogens with zero attached hydrogens (tertiary/aromatic N) is 1. The number of benzene rings is 1. The van der Waals surface area contributed by atoms with Crippen LogP contribution in [0.4, 0.5) is 13.6 Å². The van der Waals surface area contributed by atoms with Gasteiger partial charge in [0.1, 0.15) is 5.54 Å². The molecule has 0 atom stereocenters. The zero-order valence-corrected chi connectivity index (χ0v) is 15.0. The number of hydrogen-bond donors (Lipinski definition) is 2. The first-order valence-electron chi connectivity index (χ1n) is 8.35. The highest BCUT2D eigenvalue weighted by molar-refractivity contribution is 8.00. The molecule has 0 bridgehead atoms. The van der Waals surface area contributed by atoms with Crippen molar-refractivity contribution in [3.05, 3.63) is 29.8 Å². The van der Waals surface area contributed by atoms with Gasteiger partial charge in [0.05, 0.1) is 5.75 Å². The summed E-state index contributed by atoms with van der Waals surface area (Å²) in [7, 11) is 0. The smallest absolute Gasteiger partial charge is 0.322 e. The van der Waals surface area contributed by atoms with Gasteiger partial charge in [-0.05, 0) is 49.8 Å². The molecular weight excluding hydrogens is 364 g/mol. The molecule has 0 aromatic heterocycles. The predicted octanol–water partition coefficient (Wildman–Crippen LogP) is 2.59. The molecular formula is C17H19F2N3O3S. The Morgan fingerprint density at radius 2 is 2.00 bits per heavy atom. The molecule has 1 aliphatic heterocycles. The van der Waals surface area contributed by atoms with Crippen LogP contribution in [0.5, 0.6) is 0 Å². The molecule has 2 aliphatic rings. The Morgan fingerprint density at radius 3 is 2.65 bits per heavy atom. The van der Waals surface area contributed by atoms with Crippen molar-refractivity contribution < 1.29 is 23.2 Å². The quantitative estimate of drug-likeness (QED) is 0.619. The third-order valence-electron chi connectivity index (χ3n) is 4.79. The van der Waals surface area contributed by atoms with Gasteiger partial charge in [-0.3, -0.25) is 15.0 Å². The van der Waals surface area contributed by atoms with E-state index >= 15 is 0 Å². The summed E-state index contributed by atoms with van der Waals surface area (Å²) in [6.45, 7) is 2.10. The maximum atomic E-state index is 13.2. The molecule has 1 saturated heterocycles. The Morgan fingerprint density at radius 1 is 1.31 bits per heavy atom. The van der Waals surface area contributed by atoms with Gasteiger partial charge >= 0.3 is 6.03 Å². The van der Waals surface area contributed by atoms with Crippen LogP contribution in [-0.2, 0) is 9.59 Å². The number of carbonyl (C=O) groups excluding carboxylic acids is 3. The number of hydrazine groups is 1. The molecule has 26 heavy (non-hydrogen) atoms. The first-order chi connectivity index (χ1) is 12.3. The Kier molecular flexibility index (Phi) is 5.17. The normalized spacial score (nSPS) is 25.5. The molecule has 3 rings (SSSR count). The highest BCUT2D eigenvalue weighted by Gasteiger charge is 2.52. The summed E-state index contributed by atoms with van der Waals surface area (Å²) >= 11 is 0.976. The van der Waals surface area contributed by atoms with Crippen molar-refractivity contribution in [1.82, 2.24) is 15.8 Å². The highest BCUT2D eigenvalue weighted by atomic mass is 32.2. The summed E-state index contributed by atoms with van der Waals surface area (Å²) in [5.74, 6) is -2.64. The number of rotatable bonds is 4. The van der Waals surface area contributed by atoms with Crippen molar-refractivity contribution in [2.24, 2.45) is 5.92 Å². The van der Waals surface area contributed by atoms with Gasteiger partial charge < -0.3 is 5.32 Å². The van der Waals surface area contributed by atoms with E-state index in [0.29, 0.717) is 23.7 Å². The first-order valence-corrected chi connectivity index (χ1v) is 9.33. The summed E-state index contributed by atoms with van der Waals surface area (Å²) in [5.41, 5.74) is 1.38. The molecule has 6 nitrogen and oxygen atoms in total. The van der Waals surface area contributed by atoms with Gasteiger partial charge in [0, 0.05) is 4.90 Å². The van der Waals surface area contributed by atoms with Crippen LogP contribution < -0.4 is 10.7 Å². The Labute approximate surface area is 153 Å². The van der Waals surface area contributed by atoms with Crippen molar-refractivity contribution in [2.45, 2.75) is 43.0 Å². The topological polar surface area (TPSA) is 78.5 Å². The number of nitrogens with one attached hydrogen (secondary N) is 2. The number of amides is 4. The van der Waals surface area contributed by atoms with Crippen molar-refractivity contribution >= 4 is 29.6 Å². The average molecular weight is 383 g/mol. The maximum Gasteiger partial charge on any atom is 0.344 e. The molecule has 1 aromatic carbocycles. The minimum absolute atomic E-state index is 0.147. The van der Waals surface area contributed by atoms with Crippen LogP contribution in [0.15, 0.2) is 23.1 Å². The van der Waals surface area contributed by atoms with E-state index in [1.54, 1.807) is 0 Å². The van der Waals surface area contributed by atoms with Gasteiger partial charge in [-0.25, -0.2) is 13.6 Å². The van der Waals surface area contributed by atoms with Gasteiger partial charge in [-0.2, -0.15) is 5.01 Å². The summed E-state index contributed by atoms with van der Waals surface area (Å²) in [4.78, 5) is 37.2. The molecule has 0 unspecified atom stereocenters. The zero-order valence-electron chi connectivity index (χ0n) is 14.2. The van der Waals surface area contributed by atoms with Crippen LogP contribution in [0.3, 0.4) is 0 Å². The number of carbonyl (C=O) groups is 3. The SMILES string of the molecule is CC1CCC2(CC1)NC(=O)N(NC(=O)CSc1ccc(F)c(F)c1)C2=O. The standard InChI is InChI=1S/C17H19F2N3O3S/c1-10-4-6-17(7-5-10)15(24)22(16(25)20-17)21-14(23)9-26-11-2-3-12(18)13(19)8-11/h2-3,8,10H,4-7,9H2,1H3,(H,20,25)(H,21,23). The van der Waals surface area contributed by atoms with Crippen LogP contribution in [0.1, 0.15) is 32.6 Å². The van der Waals surface area contributed by atoms with E-state index in [4.69, 9.17) is 0 Å². The second-order valence-electron chi connectivity index (χ2n) is 6.73. The van der Waals surface area contributed by atoms with Crippen molar-refractivity contribution in [3.8, 4) is 0 Å². The second-order valence-corrected chi connectivity index (χ2v) is 7.78. The van der Waals surface area contributed by atoms with E-state index in [1.807, 2.05) is 0 Å². The van der Waals surface area contributed by atoms with E-state index in [9.17, 15) is 23.2 Å². The van der Waals surface area contributed by atoms with Crippen molar-refractivity contribution in [3.63, 3.8) is 0 Å². The van der Waals surface area contributed by atoms with Crippen molar-refractivity contribution in [2.75, 3.05) is 5.75 Å². The Bertz CT molecular complexity index is 751. The van der Waals surface area contributed by atoms with Crippen LogP contribution in [-0.4, -0.2) is 34.1 Å². The summed E-state index contributed by atoms with van der Waals surface area (Å²) in [5, 5.41) is 3.43. The van der Waals surface area contributed by atoms with E-state index in [2.05, 4.69) is 17.7 Å². The van der Waals surface area contributed by atoms with Crippen LogP contribution in [0.25, 0.3) is 0 Å². The van der Waals surface area contributed by atoms with E-state index in [1.165, 1.54) is 6.07 Å². The maximum absolute atomic E-state index is 13.2. The molecule has 140 valence electrons. The van der Waals surface area contributed by atoms with Crippen molar-refractivity contribution in [1.29, 1.82) is 0 Å². The monoisotopic (exact) mass is 383 g/mol. The third kappa shape index (κ3) is 3.67. The lowest BCUT2D eigenvalue weighted by atomic mass is 9.77. The Hall–Kier alpha value is -2.16. The minimum atomic E-state index is -1.00. The predicted molar refractivity (Wildman–Crippen MR) is 91.0 cm³/mol. The largest absolute Gasteiger partial charge is 0.344 e. The molecule has 2 fully saturated rings. The molecule has 1 heterocycles. The van der Waals surface area contributed by atoms with E-state index < -0.39 is 35.0 Å². The average Bonchev–Trinajstić information content (AvgIpc) is 2.83. The number of thioether (sulfide) groups is 1. The van der Waals surface area contributed by atoms with Crippen LogP contribution in [0.2, 0.25) is 0 Å². The van der Waals surface area contributed by atoms with Gasteiger partial charge in [-0.15, -0.1) is 11.8 Å². The van der Waals surface area contributed by atoms with E-state index in [0.717, 1.165) is 41.7 Å². The molecule has 4 amide bonds. The number of hydrogen-bond acceptors (Lipinski definition) is 4. The van der Waals surface area contributed by atoms with Gasteiger partial charge in [0.25, 0.3) is 5.91 Å². The molecule has 0 radical (unpaired) electrons. The Balaban J connectivity index is 1.58. The highest BCUT2D eigenvalue weighted by Crippen LogP contribution is 2.35. The third-order valence-corrected chi connectivity index (χ3v) is 5.78. The molecule has 2 N–H and O–H groups in total. The molecule has 9 heteroatoms.